The first kappa shape index (κ1) is 20.7. The Morgan fingerprint density at radius 2 is 1.94 bits per heavy atom. The van der Waals surface area contributed by atoms with E-state index in [0.29, 0.717) is 17.9 Å². The predicted octanol–water partition coefficient (Wildman–Crippen LogP) is 5.72. The molecule has 0 amide bonds. The molecule has 0 bridgehead atoms. The summed E-state index contributed by atoms with van der Waals surface area (Å²) in [5, 5.41) is 10.1. The second-order valence-corrected chi connectivity index (χ2v) is 7.59. The fourth-order valence-corrected chi connectivity index (χ4v) is 3.73. The molecule has 5 nitrogen and oxygen atoms in total. The van der Waals surface area contributed by atoms with Gasteiger partial charge in [0.25, 0.3) is 0 Å². The maximum atomic E-state index is 11.1. The Bertz CT molecular complexity index is 1210. The molecule has 4 rings (SSSR count). The molecule has 31 heavy (non-hydrogen) atoms. The van der Waals surface area contributed by atoms with Gasteiger partial charge in [0.2, 0.25) is 0 Å². The summed E-state index contributed by atoms with van der Waals surface area (Å²) in [6.45, 7) is 2.39. The van der Waals surface area contributed by atoms with Gasteiger partial charge < -0.3 is 20.0 Å². The number of rotatable bonds is 8. The Balaban J connectivity index is 1.67. The van der Waals surface area contributed by atoms with Gasteiger partial charge in [-0.25, -0.2) is 0 Å². The number of benzene rings is 3. The number of ether oxygens (including phenoxy) is 1. The normalized spacial score (nSPS) is 12.1. The minimum Gasteiger partial charge on any atom is -0.489 e. The molecule has 1 aromatic heterocycles. The predicted molar refractivity (Wildman–Crippen MR) is 121 cm³/mol. The molecule has 1 heterocycles. The van der Waals surface area contributed by atoms with Gasteiger partial charge >= 0.3 is 5.97 Å². The van der Waals surface area contributed by atoms with Crippen molar-refractivity contribution in [2.45, 2.75) is 32.4 Å². The second-order valence-electron chi connectivity index (χ2n) is 7.59. The Labute approximate surface area is 181 Å². The Morgan fingerprint density at radius 1 is 1.10 bits per heavy atom. The van der Waals surface area contributed by atoms with E-state index in [9.17, 15) is 4.79 Å². The first-order valence-corrected chi connectivity index (χ1v) is 10.3. The maximum absolute atomic E-state index is 11.1. The van der Waals surface area contributed by atoms with Crippen LogP contribution >= 0.6 is 0 Å². The lowest BCUT2D eigenvalue weighted by atomic mass is 9.96. The molecule has 0 unspecified atom stereocenters. The third kappa shape index (κ3) is 4.62. The molecule has 0 aliphatic rings. The Morgan fingerprint density at radius 3 is 2.74 bits per heavy atom. The number of fused-ring (bicyclic) bond motifs is 1. The lowest BCUT2D eigenvalue weighted by Crippen LogP contribution is -2.08. The molecule has 0 spiro atoms. The molecule has 0 aliphatic heterocycles. The Kier molecular flexibility index (Phi) is 6.05. The van der Waals surface area contributed by atoms with Gasteiger partial charge in [-0.2, -0.15) is 0 Å². The zero-order chi connectivity index (χ0) is 21.8. The number of para-hydroxylation sites is 1. The van der Waals surface area contributed by atoms with Gasteiger partial charge in [0, 0.05) is 22.6 Å². The fourth-order valence-electron chi connectivity index (χ4n) is 3.73. The molecule has 0 radical (unpaired) electrons. The van der Waals surface area contributed by atoms with Gasteiger partial charge in [0.05, 0.1) is 12.7 Å². The zero-order valence-corrected chi connectivity index (χ0v) is 17.4. The lowest BCUT2D eigenvalue weighted by molar-refractivity contribution is -0.136. The highest BCUT2D eigenvalue weighted by Crippen LogP contribution is 2.33. The van der Waals surface area contributed by atoms with Crippen molar-refractivity contribution < 1.29 is 19.1 Å². The van der Waals surface area contributed by atoms with Crippen LogP contribution in [0.5, 0.6) is 5.75 Å². The SMILES string of the molecule is CC[C@H](N)c1cccc(-c2cc(COc3ccccc3CC(=O)O)cc3ccoc23)c1. The van der Waals surface area contributed by atoms with Crippen LogP contribution in [0, 0.1) is 0 Å². The van der Waals surface area contributed by atoms with E-state index >= 15 is 0 Å². The summed E-state index contributed by atoms with van der Waals surface area (Å²) in [5.74, 6) is -0.307. The van der Waals surface area contributed by atoms with Crippen molar-refractivity contribution in [2.75, 3.05) is 0 Å². The van der Waals surface area contributed by atoms with Crippen molar-refractivity contribution in [1.29, 1.82) is 0 Å². The molecule has 0 aliphatic carbocycles. The van der Waals surface area contributed by atoms with Gasteiger partial charge in [0.15, 0.2) is 0 Å². The summed E-state index contributed by atoms with van der Waals surface area (Å²) in [4.78, 5) is 11.1. The van der Waals surface area contributed by atoms with E-state index in [0.717, 1.165) is 39.6 Å². The van der Waals surface area contributed by atoms with Crippen LogP contribution < -0.4 is 10.5 Å². The van der Waals surface area contributed by atoms with E-state index in [4.69, 9.17) is 20.0 Å². The lowest BCUT2D eigenvalue weighted by Gasteiger charge is -2.13. The van der Waals surface area contributed by atoms with Crippen molar-refractivity contribution in [3.63, 3.8) is 0 Å². The number of aliphatic carboxylic acids is 1. The van der Waals surface area contributed by atoms with Gasteiger partial charge in [-0.15, -0.1) is 0 Å². The second kappa shape index (κ2) is 9.06. The van der Waals surface area contributed by atoms with Gasteiger partial charge in [-0.1, -0.05) is 43.3 Å². The number of carboxylic acids is 1. The number of hydrogen-bond donors (Lipinski definition) is 2. The van der Waals surface area contributed by atoms with Crippen LogP contribution in [0.25, 0.3) is 22.1 Å². The Hall–Kier alpha value is -3.57. The monoisotopic (exact) mass is 415 g/mol. The molecule has 1 atom stereocenters. The molecule has 3 N–H and O–H groups in total. The van der Waals surface area contributed by atoms with Crippen LogP contribution in [0.1, 0.15) is 36.1 Å². The topological polar surface area (TPSA) is 85.7 Å². The summed E-state index contributed by atoms with van der Waals surface area (Å²) in [7, 11) is 0. The number of carbonyl (C=O) groups is 1. The molecular weight excluding hydrogens is 390 g/mol. The first-order valence-electron chi connectivity index (χ1n) is 10.3. The maximum Gasteiger partial charge on any atom is 0.307 e. The van der Waals surface area contributed by atoms with Crippen LogP contribution in [0.3, 0.4) is 0 Å². The molecule has 3 aromatic carbocycles. The smallest absolute Gasteiger partial charge is 0.307 e. The highest BCUT2D eigenvalue weighted by Gasteiger charge is 2.13. The highest BCUT2D eigenvalue weighted by molar-refractivity contribution is 5.93. The largest absolute Gasteiger partial charge is 0.489 e. The fraction of sp³-hybridized carbons (Fsp3) is 0.192. The number of carboxylic acid groups (broad SMARTS) is 1. The average molecular weight is 415 g/mol. The third-order valence-corrected chi connectivity index (χ3v) is 5.39. The van der Waals surface area contributed by atoms with Crippen molar-refractivity contribution in [1.82, 2.24) is 0 Å². The standard InChI is InChI=1S/C26H25NO4/c1-2-23(27)19-8-5-7-18(14-19)22-13-17(12-21-10-11-30-26(21)22)16-31-24-9-4-3-6-20(24)15-25(28)29/h3-14,23H,2,15-16,27H2,1H3,(H,28,29)/t23-/m0/s1. The number of hydrogen-bond acceptors (Lipinski definition) is 4. The minimum absolute atomic E-state index is 0.00991. The van der Waals surface area contributed by atoms with E-state index in [1.165, 1.54) is 0 Å². The van der Waals surface area contributed by atoms with Crippen LogP contribution in [-0.2, 0) is 17.8 Å². The zero-order valence-electron chi connectivity index (χ0n) is 17.4. The first-order chi connectivity index (χ1) is 15.0. The van der Waals surface area contributed by atoms with Crippen molar-refractivity contribution in [3.8, 4) is 16.9 Å². The van der Waals surface area contributed by atoms with Crippen molar-refractivity contribution >= 4 is 16.9 Å². The highest BCUT2D eigenvalue weighted by atomic mass is 16.5. The van der Waals surface area contributed by atoms with Crippen LogP contribution in [0.4, 0.5) is 0 Å². The van der Waals surface area contributed by atoms with Crippen molar-refractivity contribution in [2.24, 2.45) is 5.73 Å². The van der Waals surface area contributed by atoms with Crippen LogP contribution in [0.2, 0.25) is 0 Å². The van der Waals surface area contributed by atoms with E-state index in [2.05, 4.69) is 25.1 Å². The molecule has 0 fully saturated rings. The third-order valence-electron chi connectivity index (χ3n) is 5.39. The molecule has 0 saturated carbocycles. The van der Waals surface area contributed by atoms with E-state index < -0.39 is 5.97 Å². The average Bonchev–Trinajstić information content (AvgIpc) is 3.26. The van der Waals surface area contributed by atoms with Crippen LogP contribution in [0.15, 0.2) is 77.4 Å². The van der Waals surface area contributed by atoms with Gasteiger partial charge in [-0.3, -0.25) is 4.79 Å². The molecule has 4 aromatic rings. The van der Waals surface area contributed by atoms with E-state index in [-0.39, 0.29) is 12.5 Å². The van der Waals surface area contributed by atoms with E-state index in [1.807, 2.05) is 36.4 Å². The minimum atomic E-state index is -0.886. The summed E-state index contributed by atoms with van der Waals surface area (Å²) in [6.07, 6.45) is 2.47. The number of nitrogens with two attached hydrogens (primary N) is 1. The summed E-state index contributed by atoms with van der Waals surface area (Å²) < 4.78 is 11.8. The van der Waals surface area contributed by atoms with Crippen molar-refractivity contribution in [3.05, 3.63) is 89.7 Å². The molecule has 158 valence electrons. The number of furan rings is 1. The van der Waals surface area contributed by atoms with E-state index in [1.54, 1.807) is 18.4 Å². The van der Waals surface area contributed by atoms with Crippen LogP contribution in [-0.4, -0.2) is 11.1 Å². The summed E-state index contributed by atoms with van der Waals surface area (Å²) in [5.41, 5.74) is 11.8. The van der Waals surface area contributed by atoms with Gasteiger partial charge in [-0.05, 0) is 53.4 Å². The summed E-state index contributed by atoms with van der Waals surface area (Å²) in [6, 6.07) is 21.5. The molecule has 0 saturated heterocycles. The molecule has 5 heteroatoms. The van der Waals surface area contributed by atoms with Gasteiger partial charge in [0.1, 0.15) is 17.9 Å². The molecular formula is C26H25NO4. The quantitative estimate of drug-likeness (QED) is 0.385. The summed E-state index contributed by atoms with van der Waals surface area (Å²) >= 11 is 0.